The maximum Gasteiger partial charge on any atom is 0.232 e. The highest BCUT2D eigenvalue weighted by atomic mass is 35.5. The van der Waals surface area contributed by atoms with Crippen molar-refractivity contribution in [3.05, 3.63) is 28.2 Å². The molecule has 0 saturated carbocycles. The zero-order valence-electron chi connectivity index (χ0n) is 13.7. The third kappa shape index (κ3) is 5.26. The first-order valence-corrected chi connectivity index (χ1v) is 10.6. The fraction of sp³-hybridized carbons (Fsp3) is 0.562. The smallest absolute Gasteiger partial charge is 0.232 e. The van der Waals surface area contributed by atoms with Gasteiger partial charge in [0.05, 0.1) is 17.0 Å². The Morgan fingerprint density at radius 3 is 2.33 bits per heavy atom. The second-order valence-electron chi connectivity index (χ2n) is 5.98. The Bertz CT molecular complexity index is 687. The molecule has 5 nitrogen and oxygen atoms in total. The van der Waals surface area contributed by atoms with Crippen molar-refractivity contribution in [1.29, 1.82) is 0 Å². The minimum absolute atomic E-state index is 0.0179. The lowest BCUT2D eigenvalue weighted by Gasteiger charge is -2.25. The summed E-state index contributed by atoms with van der Waals surface area (Å²) in [5.74, 6) is -0.0179. The van der Waals surface area contributed by atoms with Gasteiger partial charge in [-0.2, -0.15) is 0 Å². The predicted molar refractivity (Wildman–Crippen MR) is 98.3 cm³/mol. The number of amides is 1. The molecule has 1 fully saturated rings. The van der Waals surface area contributed by atoms with Crippen molar-refractivity contribution in [2.45, 2.75) is 32.1 Å². The van der Waals surface area contributed by atoms with Crippen molar-refractivity contribution in [3.63, 3.8) is 0 Å². The molecule has 0 N–H and O–H groups in total. The van der Waals surface area contributed by atoms with Gasteiger partial charge >= 0.3 is 0 Å². The second-order valence-corrected chi connectivity index (χ2v) is 8.73. The Morgan fingerprint density at radius 2 is 1.79 bits per heavy atom. The van der Waals surface area contributed by atoms with Gasteiger partial charge < -0.3 is 4.90 Å². The van der Waals surface area contributed by atoms with Crippen molar-refractivity contribution in [2.24, 2.45) is 0 Å². The average Bonchev–Trinajstić information content (AvgIpc) is 2.77. The molecule has 0 unspecified atom stereocenters. The minimum atomic E-state index is -3.55. The molecule has 0 radical (unpaired) electrons. The highest BCUT2D eigenvalue weighted by molar-refractivity contribution is 7.92. The Labute approximate surface area is 153 Å². The molecular weight excluding hydrogens is 371 g/mol. The fourth-order valence-electron chi connectivity index (χ4n) is 2.82. The van der Waals surface area contributed by atoms with Crippen molar-refractivity contribution < 1.29 is 13.2 Å². The van der Waals surface area contributed by atoms with Crippen molar-refractivity contribution in [1.82, 2.24) is 4.90 Å². The molecule has 8 heteroatoms. The topological polar surface area (TPSA) is 57.7 Å². The largest absolute Gasteiger partial charge is 0.343 e. The molecule has 24 heavy (non-hydrogen) atoms. The number of rotatable bonds is 5. The number of likely N-dealkylation sites (tertiary alicyclic amines) is 1. The Balaban J connectivity index is 2.11. The number of hydrogen-bond acceptors (Lipinski definition) is 3. The van der Waals surface area contributed by atoms with Crippen LogP contribution in [-0.4, -0.2) is 45.1 Å². The first-order valence-electron chi connectivity index (χ1n) is 7.99. The van der Waals surface area contributed by atoms with E-state index in [0.717, 1.165) is 45.0 Å². The van der Waals surface area contributed by atoms with Crippen LogP contribution in [-0.2, 0) is 14.8 Å². The minimum Gasteiger partial charge on any atom is -0.343 e. The van der Waals surface area contributed by atoms with Gasteiger partial charge in [0.2, 0.25) is 15.9 Å². The van der Waals surface area contributed by atoms with E-state index in [4.69, 9.17) is 23.2 Å². The summed E-state index contributed by atoms with van der Waals surface area (Å²) in [7, 11) is -3.55. The Morgan fingerprint density at radius 1 is 1.17 bits per heavy atom. The number of carbonyl (C=O) groups excluding carboxylic acids is 1. The predicted octanol–water partition coefficient (Wildman–Crippen LogP) is 3.55. The maximum atomic E-state index is 12.4. The molecule has 0 aromatic heterocycles. The first-order chi connectivity index (χ1) is 11.3. The van der Waals surface area contributed by atoms with Crippen LogP contribution in [0, 0.1) is 0 Å². The number of sulfonamides is 1. The first kappa shape index (κ1) is 19.3. The Kier molecular flexibility index (Phi) is 6.78. The fourth-order valence-corrected chi connectivity index (χ4v) is 4.32. The molecule has 1 aliphatic rings. The highest BCUT2D eigenvalue weighted by Gasteiger charge is 2.23. The molecule has 1 aromatic carbocycles. The van der Waals surface area contributed by atoms with Crippen molar-refractivity contribution >= 4 is 44.8 Å². The van der Waals surface area contributed by atoms with Crippen LogP contribution in [0.5, 0.6) is 0 Å². The van der Waals surface area contributed by atoms with Gasteiger partial charge in [-0.05, 0) is 31.0 Å². The molecule has 1 saturated heterocycles. The van der Waals surface area contributed by atoms with Gasteiger partial charge in [0, 0.05) is 31.1 Å². The third-order valence-electron chi connectivity index (χ3n) is 4.07. The van der Waals surface area contributed by atoms with E-state index in [-0.39, 0.29) is 23.9 Å². The number of halogens is 2. The van der Waals surface area contributed by atoms with Crippen molar-refractivity contribution in [3.8, 4) is 0 Å². The summed E-state index contributed by atoms with van der Waals surface area (Å²) in [6.07, 6.45) is 5.52. The molecule has 1 amide bonds. The number of hydrogen-bond donors (Lipinski definition) is 0. The van der Waals surface area contributed by atoms with Crippen LogP contribution in [0.25, 0.3) is 0 Å². The Hall–Kier alpha value is -0.980. The zero-order valence-corrected chi connectivity index (χ0v) is 16.0. The van der Waals surface area contributed by atoms with E-state index in [1.54, 1.807) is 12.1 Å². The van der Waals surface area contributed by atoms with Crippen molar-refractivity contribution in [2.75, 3.05) is 30.2 Å². The van der Waals surface area contributed by atoms with Gasteiger partial charge in [-0.25, -0.2) is 8.42 Å². The monoisotopic (exact) mass is 392 g/mol. The number of nitrogens with zero attached hydrogens (tertiary/aromatic N) is 2. The molecule has 134 valence electrons. The normalized spacial score (nSPS) is 15.9. The quantitative estimate of drug-likeness (QED) is 0.769. The molecule has 0 atom stereocenters. The maximum absolute atomic E-state index is 12.4. The summed E-state index contributed by atoms with van der Waals surface area (Å²) in [6.45, 7) is 1.56. The van der Waals surface area contributed by atoms with E-state index in [2.05, 4.69) is 0 Å². The van der Waals surface area contributed by atoms with Crippen LogP contribution in [0.15, 0.2) is 18.2 Å². The van der Waals surface area contributed by atoms with Gasteiger partial charge in [-0.15, -0.1) is 0 Å². The van der Waals surface area contributed by atoms with Gasteiger partial charge in [-0.3, -0.25) is 9.10 Å². The van der Waals surface area contributed by atoms with E-state index in [0.29, 0.717) is 10.7 Å². The summed E-state index contributed by atoms with van der Waals surface area (Å²) in [5.41, 5.74) is 0.340. The van der Waals surface area contributed by atoms with Gasteiger partial charge in [0.25, 0.3) is 0 Å². The van der Waals surface area contributed by atoms with Crippen LogP contribution in [0.1, 0.15) is 32.1 Å². The lowest BCUT2D eigenvalue weighted by Crippen LogP contribution is -2.37. The van der Waals surface area contributed by atoms with Crippen LogP contribution in [0.2, 0.25) is 10.0 Å². The third-order valence-corrected chi connectivity index (χ3v) is 5.78. The number of carbonyl (C=O) groups is 1. The SMILES string of the molecule is CS(=O)(=O)N(CCC(=O)N1CCCCCC1)c1ccc(Cl)cc1Cl. The molecule has 1 aliphatic heterocycles. The second kappa shape index (κ2) is 8.41. The van der Waals surface area contributed by atoms with Gasteiger partial charge in [-0.1, -0.05) is 36.0 Å². The molecule has 0 aliphatic carbocycles. The zero-order chi connectivity index (χ0) is 17.7. The average molecular weight is 393 g/mol. The van der Waals surface area contributed by atoms with E-state index < -0.39 is 10.0 Å². The lowest BCUT2D eigenvalue weighted by molar-refractivity contribution is -0.130. The lowest BCUT2D eigenvalue weighted by atomic mass is 10.2. The summed E-state index contributed by atoms with van der Waals surface area (Å²) in [4.78, 5) is 14.2. The number of anilines is 1. The summed E-state index contributed by atoms with van der Waals surface area (Å²) in [5, 5.41) is 0.674. The van der Waals surface area contributed by atoms with Crippen LogP contribution in [0.3, 0.4) is 0 Å². The highest BCUT2D eigenvalue weighted by Crippen LogP contribution is 2.30. The summed E-state index contributed by atoms with van der Waals surface area (Å²) < 4.78 is 25.4. The molecule has 1 aromatic rings. The summed E-state index contributed by atoms with van der Waals surface area (Å²) >= 11 is 12.0. The molecule has 0 spiro atoms. The van der Waals surface area contributed by atoms with E-state index in [1.807, 2.05) is 4.90 Å². The summed E-state index contributed by atoms with van der Waals surface area (Å²) in [6, 6.07) is 4.63. The molecule has 0 bridgehead atoms. The standard InChI is InChI=1S/C16H22Cl2N2O3S/c1-24(22,23)20(15-7-6-13(17)12-14(15)18)11-8-16(21)19-9-4-2-3-5-10-19/h6-7,12H,2-5,8-11H2,1H3. The van der Waals surface area contributed by atoms with E-state index >= 15 is 0 Å². The van der Waals surface area contributed by atoms with Crippen LogP contribution in [0.4, 0.5) is 5.69 Å². The van der Waals surface area contributed by atoms with Crippen LogP contribution >= 0.6 is 23.2 Å². The number of benzene rings is 1. The van der Waals surface area contributed by atoms with Gasteiger partial charge in [0.1, 0.15) is 0 Å². The molecule has 1 heterocycles. The van der Waals surface area contributed by atoms with E-state index in [9.17, 15) is 13.2 Å². The van der Waals surface area contributed by atoms with Crippen LogP contribution < -0.4 is 4.31 Å². The molecular formula is C16H22Cl2N2O3S. The molecule has 2 rings (SSSR count). The van der Waals surface area contributed by atoms with E-state index in [1.165, 1.54) is 10.4 Å². The van der Waals surface area contributed by atoms with Gasteiger partial charge in [0.15, 0.2) is 0 Å².